The number of hydrogen-bond donors (Lipinski definition) is 2. The van der Waals surface area contributed by atoms with Crippen LogP contribution >= 0.6 is 0 Å². The number of amides is 1. The van der Waals surface area contributed by atoms with Gasteiger partial charge in [0.2, 0.25) is 0 Å². The summed E-state index contributed by atoms with van der Waals surface area (Å²) >= 11 is 0. The highest BCUT2D eigenvalue weighted by Gasteiger charge is 2.26. The second kappa shape index (κ2) is 9.13. The van der Waals surface area contributed by atoms with Crippen molar-refractivity contribution in [3.63, 3.8) is 0 Å². The van der Waals surface area contributed by atoms with Gasteiger partial charge < -0.3 is 20.1 Å². The van der Waals surface area contributed by atoms with Crippen LogP contribution in [0.1, 0.15) is 41.6 Å². The van der Waals surface area contributed by atoms with Gasteiger partial charge in [0.15, 0.2) is 11.5 Å². The molecule has 5 rings (SSSR count). The van der Waals surface area contributed by atoms with Crippen molar-refractivity contribution < 1.29 is 14.3 Å². The number of hydrogen-bond acceptors (Lipinski definition) is 8. The van der Waals surface area contributed by atoms with E-state index in [0.717, 1.165) is 31.1 Å². The average Bonchev–Trinajstić information content (AvgIpc) is 3.25. The van der Waals surface area contributed by atoms with E-state index in [1.54, 1.807) is 36.3 Å². The number of ether oxygens (including phenoxy) is 2. The molecule has 0 atom stereocenters. The first-order valence-corrected chi connectivity index (χ1v) is 11.1. The van der Waals surface area contributed by atoms with Crippen molar-refractivity contribution in [2.24, 2.45) is 0 Å². The van der Waals surface area contributed by atoms with Crippen LogP contribution in [0.15, 0.2) is 30.7 Å². The van der Waals surface area contributed by atoms with Crippen molar-refractivity contribution in [1.29, 1.82) is 5.26 Å². The van der Waals surface area contributed by atoms with Crippen molar-refractivity contribution >= 4 is 22.6 Å². The van der Waals surface area contributed by atoms with Gasteiger partial charge in [-0.05, 0) is 31.7 Å². The van der Waals surface area contributed by atoms with Crippen molar-refractivity contribution in [2.75, 3.05) is 25.6 Å². The summed E-state index contributed by atoms with van der Waals surface area (Å²) in [6.45, 7) is 1.17. The Morgan fingerprint density at radius 2 is 1.97 bits per heavy atom. The van der Waals surface area contributed by atoms with Gasteiger partial charge >= 0.3 is 0 Å². The van der Waals surface area contributed by atoms with E-state index in [2.05, 4.69) is 31.8 Å². The standard InChI is InChI=1S/C23H25N7O3/c1-32-18-4-2-16(3-5-18)29-23(31)19-11-25-21(7-20(19)28-17-12-33-13-17)30-22-15(10-27-30)6-14(8-24)9-26-22/h6-7,9-11,16-18H,2-5,12-13H2,1H3,(H,25,28)(H,29,31)/t16-,18-. The molecule has 0 radical (unpaired) electrons. The van der Waals surface area contributed by atoms with Crippen LogP contribution in [0.3, 0.4) is 0 Å². The predicted octanol–water partition coefficient (Wildman–Crippen LogP) is 2.19. The largest absolute Gasteiger partial charge is 0.381 e. The Kier molecular flexibility index (Phi) is 5.90. The van der Waals surface area contributed by atoms with E-state index in [4.69, 9.17) is 14.7 Å². The highest BCUT2D eigenvalue weighted by atomic mass is 16.5. The first kappa shape index (κ1) is 21.3. The SMILES string of the molecule is CO[C@H]1CC[C@H](NC(=O)c2cnc(-n3ncc4cc(C#N)cnc43)cc2NC2COC2)CC1. The highest BCUT2D eigenvalue weighted by molar-refractivity contribution is 5.99. The number of methoxy groups -OCH3 is 1. The number of fused-ring (bicyclic) bond motifs is 1. The molecule has 0 bridgehead atoms. The molecule has 0 aromatic carbocycles. The topological polar surface area (TPSA) is 127 Å². The zero-order chi connectivity index (χ0) is 22.8. The maximum absolute atomic E-state index is 13.1. The first-order valence-electron chi connectivity index (χ1n) is 11.1. The number of rotatable bonds is 6. The van der Waals surface area contributed by atoms with Gasteiger partial charge in [0.05, 0.1) is 48.4 Å². The number of carbonyl (C=O) groups is 1. The molecule has 2 aliphatic rings. The summed E-state index contributed by atoms with van der Waals surface area (Å²) in [5, 5.41) is 20.8. The molecule has 3 aromatic heterocycles. The van der Waals surface area contributed by atoms with E-state index in [0.29, 0.717) is 41.5 Å². The molecule has 33 heavy (non-hydrogen) atoms. The van der Waals surface area contributed by atoms with Crippen molar-refractivity contribution in [2.45, 2.75) is 43.9 Å². The van der Waals surface area contributed by atoms with Gasteiger partial charge in [0.25, 0.3) is 5.91 Å². The monoisotopic (exact) mass is 447 g/mol. The maximum Gasteiger partial charge on any atom is 0.255 e. The van der Waals surface area contributed by atoms with E-state index in [1.165, 1.54) is 6.20 Å². The Morgan fingerprint density at radius 3 is 2.67 bits per heavy atom. The third-order valence-electron chi connectivity index (χ3n) is 6.23. The first-order chi connectivity index (χ1) is 16.1. The average molecular weight is 447 g/mol. The van der Waals surface area contributed by atoms with Crippen LogP contribution in [0.25, 0.3) is 16.9 Å². The maximum atomic E-state index is 13.1. The molecule has 0 spiro atoms. The minimum atomic E-state index is -0.153. The van der Waals surface area contributed by atoms with Crippen LogP contribution in [-0.2, 0) is 9.47 Å². The van der Waals surface area contributed by atoms with Crippen molar-refractivity contribution in [3.05, 3.63) is 41.9 Å². The normalized spacial score (nSPS) is 20.7. The number of pyridine rings is 2. The lowest BCUT2D eigenvalue weighted by Crippen LogP contribution is -2.42. The Bertz CT molecular complexity index is 1210. The van der Waals surface area contributed by atoms with Crippen LogP contribution in [0.4, 0.5) is 5.69 Å². The zero-order valence-electron chi connectivity index (χ0n) is 18.3. The number of nitriles is 1. The molecule has 1 amide bonds. The fourth-order valence-electron chi connectivity index (χ4n) is 4.26. The van der Waals surface area contributed by atoms with Crippen LogP contribution in [-0.4, -0.2) is 64.2 Å². The summed E-state index contributed by atoms with van der Waals surface area (Å²) in [4.78, 5) is 22.0. The van der Waals surface area contributed by atoms with Gasteiger partial charge in [-0.3, -0.25) is 4.79 Å². The number of nitrogens with zero attached hydrogens (tertiary/aromatic N) is 5. The summed E-state index contributed by atoms with van der Waals surface area (Å²) in [5.74, 6) is 0.377. The fourth-order valence-corrected chi connectivity index (χ4v) is 4.26. The summed E-state index contributed by atoms with van der Waals surface area (Å²) in [5.41, 5.74) is 2.21. The summed E-state index contributed by atoms with van der Waals surface area (Å²) in [7, 11) is 1.74. The number of aromatic nitrogens is 4. The number of carbonyl (C=O) groups excluding carboxylic acids is 1. The molecule has 3 aromatic rings. The molecule has 1 saturated carbocycles. The van der Waals surface area contributed by atoms with Crippen LogP contribution in [0, 0.1) is 11.3 Å². The molecule has 2 N–H and O–H groups in total. The summed E-state index contributed by atoms with van der Waals surface area (Å²) in [6, 6.07) is 5.88. The Hall–Kier alpha value is -3.55. The van der Waals surface area contributed by atoms with Gasteiger partial charge in [0, 0.05) is 37.0 Å². The molecule has 1 aliphatic heterocycles. The van der Waals surface area contributed by atoms with Crippen LogP contribution in [0.5, 0.6) is 0 Å². The molecule has 1 saturated heterocycles. The third kappa shape index (κ3) is 4.37. The smallest absolute Gasteiger partial charge is 0.255 e. The van der Waals surface area contributed by atoms with Crippen LogP contribution in [0.2, 0.25) is 0 Å². The minimum absolute atomic E-state index is 0.122. The molecule has 1 aliphatic carbocycles. The molecule has 10 heteroatoms. The van der Waals surface area contributed by atoms with Crippen LogP contribution < -0.4 is 10.6 Å². The third-order valence-corrected chi connectivity index (χ3v) is 6.23. The lowest BCUT2D eigenvalue weighted by molar-refractivity contribution is 0.0210. The summed E-state index contributed by atoms with van der Waals surface area (Å²) < 4.78 is 12.3. The van der Waals surface area contributed by atoms with Gasteiger partial charge in [-0.1, -0.05) is 0 Å². The Morgan fingerprint density at radius 1 is 1.15 bits per heavy atom. The Labute approximate surface area is 190 Å². The van der Waals surface area contributed by atoms with E-state index in [-0.39, 0.29) is 24.1 Å². The van der Waals surface area contributed by atoms with Crippen molar-refractivity contribution in [1.82, 2.24) is 25.1 Å². The lowest BCUT2D eigenvalue weighted by Gasteiger charge is -2.30. The zero-order valence-corrected chi connectivity index (χ0v) is 18.3. The quantitative estimate of drug-likeness (QED) is 0.589. The van der Waals surface area contributed by atoms with E-state index >= 15 is 0 Å². The second-order valence-electron chi connectivity index (χ2n) is 8.45. The Balaban J connectivity index is 1.42. The van der Waals surface area contributed by atoms with Gasteiger partial charge in [-0.25, -0.2) is 9.97 Å². The van der Waals surface area contributed by atoms with Crippen molar-refractivity contribution in [3.8, 4) is 11.9 Å². The minimum Gasteiger partial charge on any atom is -0.381 e. The van der Waals surface area contributed by atoms with Gasteiger partial charge in [-0.15, -0.1) is 0 Å². The molecular weight excluding hydrogens is 422 g/mol. The molecule has 170 valence electrons. The molecular formula is C23H25N7O3. The van der Waals surface area contributed by atoms with E-state index in [9.17, 15) is 4.79 Å². The number of anilines is 1. The fraction of sp³-hybridized carbons (Fsp3) is 0.435. The molecule has 10 nitrogen and oxygen atoms in total. The second-order valence-corrected chi connectivity index (χ2v) is 8.45. The molecule has 0 unspecified atom stereocenters. The lowest BCUT2D eigenvalue weighted by atomic mass is 9.93. The molecule has 2 fully saturated rings. The highest BCUT2D eigenvalue weighted by Crippen LogP contribution is 2.25. The predicted molar refractivity (Wildman–Crippen MR) is 120 cm³/mol. The van der Waals surface area contributed by atoms with Gasteiger partial charge in [-0.2, -0.15) is 15.0 Å². The van der Waals surface area contributed by atoms with Gasteiger partial charge in [0.1, 0.15) is 6.07 Å². The van der Waals surface area contributed by atoms with E-state index < -0.39 is 0 Å². The molecule has 4 heterocycles. The van der Waals surface area contributed by atoms with E-state index in [1.807, 2.05) is 0 Å². The summed E-state index contributed by atoms with van der Waals surface area (Å²) in [6.07, 6.45) is 8.67. The number of nitrogens with one attached hydrogen (secondary N) is 2.